The normalized spacial score (nSPS) is 17.2. The van der Waals surface area contributed by atoms with Gasteiger partial charge < -0.3 is 10.6 Å². The van der Waals surface area contributed by atoms with Gasteiger partial charge in [0.2, 0.25) is 0 Å². The first-order chi connectivity index (χ1) is 9.41. The first kappa shape index (κ1) is 14.9. The van der Waals surface area contributed by atoms with Crippen molar-refractivity contribution in [3.05, 3.63) is 35.4 Å². The van der Waals surface area contributed by atoms with E-state index in [0.717, 1.165) is 5.56 Å². The van der Waals surface area contributed by atoms with E-state index in [4.69, 9.17) is 10.9 Å². The van der Waals surface area contributed by atoms with Crippen molar-refractivity contribution < 1.29 is 13.2 Å². The molecule has 1 aliphatic heterocycles. The molecule has 0 spiro atoms. The maximum atomic E-state index is 12.3. The van der Waals surface area contributed by atoms with Crippen molar-refractivity contribution >= 4 is 16.1 Å². The molecule has 2 rings (SSSR count). The van der Waals surface area contributed by atoms with Crippen LogP contribution < -0.4 is 10.9 Å². The van der Waals surface area contributed by atoms with Crippen LogP contribution in [0.25, 0.3) is 0 Å². The third-order valence-electron chi connectivity index (χ3n) is 3.32. The minimum absolute atomic E-state index is 0.109. The fraction of sp³-hybridized carbons (Fsp3) is 0.417. The number of benzene rings is 1. The summed E-state index contributed by atoms with van der Waals surface area (Å²) in [5, 5.41) is 5.06. The lowest BCUT2D eigenvalue weighted by Gasteiger charge is -2.33. The third-order valence-corrected chi connectivity index (χ3v) is 4.41. The van der Waals surface area contributed by atoms with Gasteiger partial charge in [-0.3, -0.25) is 4.79 Å². The molecular weight excluding hydrogens is 280 g/mol. The number of nitrogens with zero attached hydrogens (tertiary/aromatic N) is 2. The van der Waals surface area contributed by atoms with Gasteiger partial charge in [0, 0.05) is 38.3 Å². The van der Waals surface area contributed by atoms with Crippen LogP contribution in [0.3, 0.4) is 0 Å². The molecule has 1 saturated heterocycles. The van der Waals surface area contributed by atoms with E-state index in [-0.39, 0.29) is 19.0 Å². The number of carbonyl (C=O) groups is 1. The summed E-state index contributed by atoms with van der Waals surface area (Å²) in [4.78, 5) is 13.9. The second-order valence-electron chi connectivity index (χ2n) is 4.64. The minimum Gasteiger partial charge on any atom is -0.336 e. The summed E-state index contributed by atoms with van der Waals surface area (Å²) in [6.07, 6.45) is 0. The molecule has 1 fully saturated rings. The highest BCUT2D eigenvalue weighted by Gasteiger charge is 2.26. The van der Waals surface area contributed by atoms with Crippen molar-refractivity contribution in [2.24, 2.45) is 10.9 Å². The van der Waals surface area contributed by atoms with E-state index in [9.17, 15) is 13.2 Å². The van der Waals surface area contributed by atoms with Gasteiger partial charge in [0.25, 0.3) is 16.1 Å². The summed E-state index contributed by atoms with van der Waals surface area (Å²) in [6.45, 7) is 1.57. The van der Waals surface area contributed by atoms with Crippen molar-refractivity contribution in [2.75, 3.05) is 26.2 Å². The molecule has 1 aromatic rings. The van der Waals surface area contributed by atoms with E-state index in [1.54, 1.807) is 17.0 Å². The SMILES string of the molecule is NCc1ccc(C(=O)N2CCN(S(N)(=O)=O)CC2)cc1. The Balaban J connectivity index is 2.01. The van der Waals surface area contributed by atoms with Crippen LogP contribution in [-0.4, -0.2) is 49.7 Å². The molecule has 0 radical (unpaired) electrons. The number of carbonyl (C=O) groups excluding carboxylic acids is 1. The number of hydrogen-bond acceptors (Lipinski definition) is 4. The molecule has 1 amide bonds. The van der Waals surface area contributed by atoms with E-state index in [2.05, 4.69) is 0 Å². The Morgan fingerprint density at radius 1 is 1.10 bits per heavy atom. The number of amides is 1. The van der Waals surface area contributed by atoms with Gasteiger partial charge in [-0.1, -0.05) is 12.1 Å². The number of rotatable bonds is 3. The molecule has 1 heterocycles. The van der Waals surface area contributed by atoms with E-state index in [1.807, 2.05) is 12.1 Å². The lowest BCUT2D eigenvalue weighted by Crippen LogP contribution is -2.52. The first-order valence-corrected chi connectivity index (χ1v) is 7.78. The van der Waals surface area contributed by atoms with Gasteiger partial charge in [-0.15, -0.1) is 0 Å². The topological polar surface area (TPSA) is 110 Å². The summed E-state index contributed by atoms with van der Waals surface area (Å²) in [5.74, 6) is -0.109. The zero-order valence-electron chi connectivity index (χ0n) is 11.0. The molecule has 4 N–H and O–H groups in total. The quantitative estimate of drug-likeness (QED) is 0.754. The van der Waals surface area contributed by atoms with Crippen LogP contribution in [0.2, 0.25) is 0 Å². The van der Waals surface area contributed by atoms with Gasteiger partial charge in [0.15, 0.2) is 0 Å². The molecule has 0 atom stereocenters. The molecule has 0 aromatic heterocycles. The van der Waals surface area contributed by atoms with Crippen LogP contribution in [0.15, 0.2) is 24.3 Å². The smallest absolute Gasteiger partial charge is 0.277 e. The van der Waals surface area contributed by atoms with Gasteiger partial charge in [0.1, 0.15) is 0 Å². The van der Waals surface area contributed by atoms with Gasteiger partial charge in [0.05, 0.1) is 0 Å². The third kappa shape index (κ3) is 3.34. The molecule has 1 aromatic carbocycles. The second-order valence-corrected chi connectivity index (χ2v) is 6.18. The summed E-state index contributed by atoms with van der Waals surface area (Å²) in [6, 6.07) is 7.09. The maximum Gasteiger partial charge on any atom is 0.277 e. The highest BCUT2D eigenvalue weighted by atomic mass is 32.2. The van der Waals surface area contributed by atoms with E-state index < -0.39 is 10.2 Å². The Morgan fingerprint density at radius 2 is 1.65 bits per heavy atom. The van der Waals surface area contributed by atoms with E-state index >= 15 is 0 Å². The largest absolute Gasteiger partial charge is 0.336 e. The number of hydrogen-bond donors (Lipinski definition) is 2. The van der Waals surface area contributed by atoms with Gasteiger partial charge in [-0.2, -0.15) is 12.7 Å². The number of nitrogens with two attached hydrogens (primary N) is 2. The van der Waals surface area contributed by atoms with Crippen molar-refractivity contribution in [1.82, 2.24) is 9.21 Å². The van der Waals surface area contributed by atoms with Crippen LogP contribution in [-0.2, 0) is 16.8 Å². The molecule has 1 aliphatic rings. The van der Waals surface area contributed by atoms with Gasteiger partial charge >= 0.3 is 0 Å². The highest BCUT2D eigenvalue weighted by Crippen LogP contribution is 2.11. The molecule has 8 heteroatoms. The standard InChI is InChI=1S/C12H18N4O3S/c13-9-10-1-3-11(4-2-10)12(17)15-5-7-16(8-6-15)20(14,18)19/h1-4H,5-9,13H2,(H2,14,18,19). The lowest BCUT2D eigenvalue weighted by atomic mass is 10.1. The zero-order valence-corrected chi connectivity index (χ0v) is 11.8. The average Bonchev–Trinajstić information content (AvgIpc) is 2.46. The first-order valence-electron chi connectivity index (χ1n) is 6.28. The summed E-state index contributed by atoms with van der Waals surface area (Å²) >= 11 is 0. The Hall–Kier alpha value is -1.48. The molecule has 0 bridgehead atoms. The predicted octanol–water partition coefficient (Wildman–Crippen LogP) is -0.893. The zero-order chi connectivity index (χ0) is 14.8. The molecule has 7 nitrogen and oxygen atoms in total. The van der Waals surface area contributed by atoms with Crippen LogP contribution in [0.1, 0.15) is 15.9 Å². The molecule has 0 saturated carbocycles. The fourth-order valence-electron chi connectivity index (χ4n) is 2.11. The maximum absolute atomic E-state index is 12.3. The van der Waals surface area contributed by atoms with Crippen LogP contribution in [0.4, 0.5) is 0 Å². The Bertz CT molecular complexity index is 577. The van der Waals surface area contributed by atoms with Crippen LogP contribution in [0.5, 0.6) is 0 Å². The molecule has 0 aliphatic carbocycles. The Kier molecular flexibility index (Phi) is 4.39. The molecular formula is C12H18N4O3S. The minimum atomic E-state index is -3.67. The fourth-order valence-corrected chi connectivity index (χ4v) is 2.78. The van der Waals surface area contributed by atoms with Crippen molar-refractivity contribution in [2.45, 2.75) is 6.54 Å². The van der Waals surface area contributed by atoms with Gasteiger partial charge in [-0.25, -0.2) is 5.14 Å². The van der Waals surface area contributed by atoms with Crippen LogP contribution >= 0.6 is 0 Å². The number of piperazine rings is 1. The van der Waals surface area contributed by atoms with Crippen LogP contribution in [0, 0.1) is 0 Å². The molecule has 110 valence electrons. The highest BCUT2D eigenvalue weighted by molar-refractivity contribution is 7.86. The van der Waals surface area contributed by atoms with Crippen molar-refractivity contribution in [3.63, 3.8) is 0 Å². The van der Waals surface area contributed by atoms with Crippen molar-refractivity contribution in [1.29, 1.82) is 0 Å². The van der Waals surface area contributed by atoms with Crippen molar-refractivity contribution in [3.8, 4) is 0 Å². The summed E-state index contributed by atoms with van der Waals surface area (Å²) in [7, 11) is -3.67. The monoisotopic (exact) mass is 298 g/mol. The summed E-state index contributed by atoms with van der Waals surface area (Å²) < 4.78 is 23.6. The Morgan fingerprint density at radius 3 is 2.10 bits per heavy atom. The second kappa shape index (κ2) is 5.88. The molecule has 20 heavy (non-hydrogen) atoms. The average molecular weight is 298 g/mol. The van der Waals surface area contributed by atoms with E-state index in [0.29, 0.717) is 25.2 Å². The predicted molar refractivity (Wildman–Crippen MR) is 74.9 cm³/mol. The molecule has 0 unspecified atom stereocenters. The van der Waals surface area contributed by atoms with E-state index in [1.165, 1.54) is 4.31 Å². The lowest BCUT2D eigenvalue weighted by molar-refractivity contribution is 0.0698. The summed E-state index contributed by atoms with van der Waals surface area (Å²) in [5.41, 5.74) is 7.04. The van der Waals surface area contributed by atoms with Gasteiger partial charge in [-0.05, 0) is 17.7 Å². The Labute approximate surface area is 118 Å².